The molecule has 3 aromatic heterocycles. The third-order valence-corrected chi connectivity index (χ3v) is 6.20. The highest BCUT2D eigenvalue weighted by atomic mass is 35.5. The number of hydrogen-bond donors (Lipinski definition) is 2. The van der Waals surface area contributed by atoms with E-state index in [1.165, 1.54) is 12.3 Å². The molecule has 0 aliphatic heterocycles. The molecule has 0 saturated carbocycles. The van der Waals surface area contributed by atoms with E-state index in [2.05, 4.69) is 42.1 Å². The van der Waals surface area contributed by atoms with Crippen LogP contribution in [0.25, 0.3) is 16.8 Å². The molecular formula is C28H31ClN8O2. The lowest BCUT2D eigenvalue weighted by Crippen LogP contribution is -2.29. The van der Waals surface area contributed by atoms with Crippen LogP contribution in [-0.2, 0) is 4.79 Å². The van der Waals surface area contributed by atoms with E-state index in [1.807, 2.05) is 51.6 Å². The van der Waals surface area contributed by atoms with Crippen molar-refractivity contribution >= 4 is 46.0 Å². The van der Waals surface area contributed by atoms with Gasteiger partial charge in [0.1, 0.15) is 5.75 Å². The SMILES string of the molecule is C=C/C=C\C(=O)Nc1cc(Nc2ncc(Cl)c(-c3cnn4ccccc34)n2)c(OC)cc1N(C)CCN(C)C. The molecule has 0 spiro atoms. The van der Waals surface area contributed by atoms with Crippen LogP contribution in [0, 0.1) is 0 Å². The highest BCUT2D eigenvalue weighted by Crippen LogP contribution is 2.38. The molecule has 0 atom stereocenters. The second-order valence-electron chi connectivity index (χ2n) is 8.98. The Morgan fingerprint density at radius 2 is 2.00 bits per heavy atom. The Labute approximate surface area is 232 Å². The first-order valence-corrected chi connectivity index (χ1v) is 12.6. The maximum Gasteiger partial charge on any atom is 0.248 e. The number of allylic oxidation sites excluding steroid dienone is 2. The van der Waals surface area contributed by atoms with E-state index in [4.69, 9.17) is 16.3 Å². The zero-order chi connectivity index (χ0) is 27.9. The lowest BCUT2D eigenvalue weighted by Gasteiger charge is -2.26. The zero-order valence-corrected chi connectivity index (χ0v) is 23.1. The first-order valence-electron chi connectivity index (χ1n) is 12.2. The molecule has 1 amide bonds. The number of ether oxygens (including phenoxy) is 1. The number of carbonyl (C=O) groups excluding carboxylic acids is 1. The fraction of sp³-hybridized carbons (Fsp3) is 0.214. The lowest BCUT2D eigenvalue weighted by molar-refractivity contribution is -0.111. The summed E-state index contributed by atoms with van der Waals surface area (Å²) in [6.07, 6.45) is 9.66. The van der Waals surface area contributed by atoms with E-state index in [0.29, 0.717) is 33.8 Å². The first kappa shape index (κ1) is 27.6. The number of anilines is 4. The number of benzene rings is 1. The monoisotopic (exact) mass is 546 g/mol. The van der Waals surface area contributed by atoms with Crippen LogP contribution in [-0.4, -0.2) is 71.7 Å². The first-order chi connectivity index (χ1) is 18.8. The number of methoxy groups -OCH3 is 1. The molecule has 0 aliphatic rings. The van der Waals surface area contributed by atoms with Crippen molar-refractivity contribution in [3.8, 4) is 17.0 Å². The molecular weight excluding hydrogens is 516 g/mol. The van der Waals surface area contributed by atoms with Crippen molar-refractivity contribution in [2.24, 2.45) is 0 Å². The van der Waals surface area contributed by atoms with Crippen LogP contribution in [0.2, 0.25) is 5.02 Å². The van der Waals surface area contributed by atoms with Crippen LogP contribution in [0.1, 0.15) is 0 Å². The van der Waals surface area contributed by atoms with Crippen molar-refractivity contribution < 1.29 is 9.53 Å². The summed E-state index contributed by atoms with van der Waals surface area (Å²) in [7, 11) is 7.57. The van der Waals surface area contributed by atoms with E-state index in [1.54, 1.807) is 36.0 Å². The van der Waals surface area contributed by atoms with Gasteiger partial charge < -0.3 is 25.2 Å². The van der Waals surface area contributed by atoms with Crippen molar-refractivity contribution in [1.29, 1.82) is 0 Å². The number of fused-ring (bicyclic) bond motifs is 1. The normalized spacial score (nSPS) is 11.2. The number of likely N-dealkylation sites (N-methyl/N-ethyl adjacent to an activating group) is 2. The molecule has 0 saturated heterocycles. The van der Waals surface area contributed by atoms with Crippen LogP contribution in [0.15, 0.2) is 73.7 Å². The lowest BCUT2D eigenvalue weighted by atomic mass is 10.2. The molecule has 0 fully saturated rings. The topological polar surface area (TPSA) is 99.9 Å². The largest absolute Gasteiger partial charge is 0.494 e. The highest BCUT2D eigenvalue weighted by Gasteiger charge is 2.18. The number of halogens is 1. The van der Waals surface area contributed by atoms with Crippen LogP contribution >= 0.6 is 11.6 Å². The van der Waals surface area contributed by atoms with Gasteiger partial charge in [-0.1, -0.05) is 36.4 Å². The second-order valence-corrected chi connectivity index (χ2v) is 9.39. The summed E-state index contributed by atoms with van der Waals surface area (Å²) >= 11 is 6.50. The number of nitrogens with one attached hydrogen (secondary N) is 2. The molecule has 11 heteroatoms. The van der Waals surface area contributed by atoms with E-state index < -0.39 is 0 Å². The fourth-order valence-corrected chi connectivity index (χ4v) is 4.10. The van der Waals surface area contributed by atoms with Crippen LogP contribution in [0.3, 0.4) is 0 Å². The number of hydrogen-bond acceptors (Lipinski definition) is 8. The quantitative estimate of drug-likeness (QED) is 0.203. The average Bonchev–Trinajstić information content (AvgIpc) is 3.35. The van der Waals surface area contributed by atoms with E-state index in [0.717, 1.165) is 29.9 Å². The number of carbonyl (C=O) groups is 1. The summed E-state index contributed by atoms with van der Waals surface area (Å²) in [6.45, 7) is 5.18. The van der Waals surface area contributed by atoms with Gasteiger partial charge >= 0.3 is 0 Å². The molecule has 0 aliphatic carbocycles. The van der Waals surface area contributed by atoms with Gasteiger partial charge in [-0.25, -0.2) is 14.5 Å². The number of rotatable bonds is 11. The zero-order valence-electron chi connectivity index (χ0n) is 22.3. The summed E-state index contributed by atoms with van der Waals surface area (Å²) in [5.41, 5.74) is 4.14. The number of pyridine rings is 1. The Bertz CT molecular complexity index is 1510. The minimum atomic E-state index is -0.286. The van der Waals surface area contributed by atoms with Crippen molar-refractivity contribution in [1.82, 2.24) is 24.5 Å². The molecule has 10 nitrogen and oxygen atoms in total. The molecule has 39 heavy (non-hydrogen) atoms. The molecule has 4 aromatic rings. The molecule has 2 N–H and O–H groups in total. The van der Waals surface area contributed by atoms with Gasteiger partial charge in [0.2, 0.25) is 11.9 Å². The Morgan fingerprint density at radius 1 is 1.18 bits per heavy atom. The van der Waals surface area contributed by atoms with Gasteiger partial charge in [0.05, 0.1) is 52.8 Å². The summed E-state index contributed by atoms with van der Waals surface area (Å²) in [5.74, 6) is 0.573. The Balaban J connectivity index is 1.72. The Kier molecular flexibility index (Phi) is 8.80. The van der Waals surface area contributed by atoms with Gasteiger partial charge in [-0.05, 0) is 32.3 Å². The smallest absolute Gasteiger partial charge is 0.248 e. The highest BCUT2D eigenvalue weighted by molar-refractivity contribution is 6.33. The minimum absolute atomic E-state index is 0.286. The van der Waals surface area contributed by atoms with Crippen LogP contribution < -0.4 is 20.3 Å². The third kappa shape index (κ3) is 6.54. The van der Waals surface area contributed by atoms with Crippen molar-refractivity contribution in [3.05, 3.63) is 78.8 Å². The van der Waals surface area contributed by atoms with Crippen LogP contribution in [0.5, 0.6) is 5.75 Å². The third-order valence-electron chi connectivity index (χ3n) is 5.93. The van der Waals surface area contributed by atoms with Gasteiger partial charge in [0, 0.05) is 44.0 Å². The maximum absolute atomic E-state index is 12.6. The van der Waals surface area contributed by atoms with Gasteiger partial charge in [0.25, 0.3) is 0 Å². The summed E-state index contributed by atoms with van der Waals surface area (Å²) in [5, 5.41) is 11.0. The maximum atomic E-state index is 12.6. The number of nitrogens with zero attached hydrogens (tertiary/aromatic N) is 6. The van der Waals surface area contributed by atoms with Crippen molar-refractivity contribution in [2.45, 2.75) is 0 Å². The molecule has 4 rings (SSSR count). The van der Waals surface area contributed by atoms with Crippen molar-refractivity contribution in [2.75, 3.05) is 56.9 Å². The van der Waals surface area contributed by atoms with E-state index in [-0.39, 0.29) is 5.91 Å². The van der Waals surface area contributed by atoms with Gasteiger partial charge in [-0.3, -0.25) is 4.79 Å². The molecule has 202 valence electrons. The Morgan fingerprint density at radius 3 is 2.74 bits per heavy atom. The van der Waals surface area contributed by atoms with Gasteiger partial charge in [-0.15, -0.1) is 0 Å². The Hall–Kier alpha value is -4.41. The van der Waals surface area contributed by atoms with E-state index in [9.17, 15) is 4.79 Å². The van der Waals surface area contributed by atoms with Crippen molar-refractivity contribution in [3.63, 3.8) is 0 Å². The summed E-state index contributed by atoms with van der Waals surface area (Å²) in [6, 6.07) is 9.44. The standard InChI is InChI=1S/C28H31ClN8O2/c1-6-7-11-26(38)32-21-15-22(25(39-5)16-24(21)36(4)14-13-35(2)3)33-28-30-18-20(29)27(34-28)19-17-31-37-12-9-8-10-23(19)37/h6-12,15-18H,1,13-14H2,2-5H3,(H,32,38)(H,30,33,34)/b11-7-. The number of amides is 1. The summed E-state index contributed by atoms with van der Waals surface area (Å²) in [4.78, 5) is 25.8. The average molecular weight is 547 g/mol. The van der Waals surface area contributed by atoms with Gasteiger partial charge in [-0.2, -0.15) is 5.10 Å². The molecule has 1 aromatic carbocycles. The van der Waals surface area contributed by atoms with E-state index >= 15 is 0 Å². The van der Waals surface area contributed by atoms with Crippen LogP contribution in [0.4, 0.5) is 23.0 Å². The molecule has 0 unspecified atom stereocenters. The molecule has 0 bridgehead atoms. The number of aromatic nitrogens is 4. The fourth-order valence-electron chi connectivity index (χ4n) is 3.91. The predicted octanol–water partition coefficient (Wildman–Crippen LogP) is 4.88. The molecule has 3 heterocycles. The minimum Gasteiger partial charge on any atom is -0.494 e. The second kappa shape index (κ2) is 12.4. The van der Waals surface area contributed by atoms with Gasteiger partial charge in [0.15, 0.2) is 0 Å². The molecule has 0 radical (unpaired) electrons. The summed E-state index contributed by atoms with van der Waals surface area (Å²) < 4.78 is 7.46. The predicted molar refractivity (Wildman–Crippen MR) is 157 cm³/mol.